The third-order valence-electron chi connectivity index (χ3n) is 11.1. The third-order valence-corrected chi connectivity index (χ3v) is 11.1. The maximum atomic E-state index is 14.6. The standard InChI is InChI=1S/C37H53NO5/c1-9-11-17-29(40)37(8,43)25(14-10-2)20-28(39)30-26(21-27-31(30)36(27,6)7)33(41)32(38-34(42)35(3,4)5)24-18-22-15-12-13-16-23(22)19-24/h9,12-13,15-16,24-27,30-32,43H,1,10-11,14,17-21H2,2-8H3,(H,38,42). The van der Waals surface area contributed by atoms with Crippen LogP contribution in [-0.2, 0) is 32.0 Å². The van der Waals surface area contributed by atoms with Gasteiger partial charge in [-0.25, -0.2) is 0 Å². The van der Waals surface area contributed by atoms with Crippen LogP contribution in [0, 0.1) is 46.3 Å². The highest BCUT2D eigenvalue weighted by Crippen LogP contribution is 2.71. The van der Waals surface area contributed by atoms with Crippen molar-refractivity contribution in [3.05, 3.63) is 48.0 Å². The Labute approximate surface area is 258 Å². The number of hydrogen-bond acceptors (Lipinski definition) is 5. The first-order valence-electron chi connectivity index (χ1n) is 16.4. The van der Waals surface area contributed by atoms with Gasteiger partial charge in [-0.3, -0.25) is 19.2 Å². The van der Waals surface area contributed by atoms with Gasteiger partial charge >= 0.3 is 0 Å². The zero-order valence-corrected chi connectivity index (χ0v) is 27.4. The molecule has 0 saturated heterocycles. The molecule has 4 rings (SSSR count). The van der Waals surface area contributed by atoms with E-state index in [2.05, 4.69) is 37.9 Å². The Morgan fingerprint density at radius 1 is 1.09 bits per heavy atom. The van der Waals surface area contributed by atoms with Crippen LogP contribution in [0.3, 0.4) is 0 Å². The lowest BCUT2D eigenvalue weighted by Gasteiger charge is -2.35. The van der Waals surface area contributed by atoms with Crippen LogP contribution in [0.25, 0.3) is 0 Å². The zero-order valence-electron chi connectivity index (χ0n) is 27.4. The Morgan fingerprint density at radius 2 is 1.70 bits per heavy atom. The molecule has 6 nitrogen and oxygen atoms in total. The van der Waals surface area contributed by atoms with E-state index in [0.717, 1.165) is 19.3 Å². The summed E-state index contributed by atoms with van der Waals surface area (Å²) in [5.74, 6) is -1.64. The molecule has 0 radical (unpaired) electrons. The Bertz CT molecular complexity index is 1230. The van der Waals surface area contributed by atoms with Crippen LogP contribution in [0.4, 0.5) is 0 Å². The second kappa shape index (κ2) is 12.4. The quantitative estimate of drug-likeness (QED) is 0.256. The Kier molecular flexibility index (Phi) is 9.62. The van der Waals surface area contributed by atoms with Gasteiger partial charge in [0, 0.05) is 36.0 Å². The molecule has 0 spiro atoms. The molecular formula is C37H53NO5. The van der Waals surface area contributed by atoms with Gasteiger partial charge in [0.25, 0.3) is 0 Å². The number of carbonyl (C=O) groups is 4. The molecule has 6 heteroatoms. The Balaban J connectivity index is 1.61. The van der Waals surface area contributed by atoms with Crippen LogP contribution in [0.15, 0.2) is 36.9 Å². The number of carbonyl (C=O) groups excluding carboxylic acids is 4. The number of allylic oxidation sites excluding steroid dienone is 1. The van der Waals surface area contributed by atoms with Gasteiger partial charge in [0.15, 0.2) is 11.6 Å². The summed E-state index contributed by atoms with van der Waals surface area (Å²) in [6.45, 7) is 17.1. The fourth-order valence-corrected chi connectivity index (χ4v) is 8.20. The topological polar surface area (TPSA) is 101 Å². The molecule has 3 aliphatic rings. The van der Waals surface area contributed by atoms with E-state index < -0.39 is 34.8 Å². The lowest BCUT2D eigenvalue weighted by atomic mass is 9.71. The molecule has 2 saturated carbocycles. The normalized spacial score (nSPS) is 26.9. The van der Waals surface area contributed by atoms with Crippen molar-refractivity contribution in [2.24, 2.45) is 46.3 Å². The van der Waals surface area contributed by atoms with E-state index in [1.165, 1.54) is 11.1 Å². The lowest BCUT2D eigenvalue weighted by molar-refractivity contribution is -0.145. The largest absolute Gasteiger partial charge is 0.382 e. The fourth-order valence-electron chi connectivity index (χ4n) is 8.20. The van der Waals surface area contributed by atoms with Gasteiger partial charge in [-0.1, -0.05) is 78.3 Å². The van der Waals surface area contributed by atoms with E-state index in [1.807, 2.05) is 39.8 Å². The summed E-state index contributed by atoms with van der Waals surface area (Å²) in [5, 5.41) is 14.5. The van der Waals surface area contributed by atoms with Gasteiger partial charge in [0.2, 0.25) is 5.91 Å². The molecule has 236 valence electrons. The molecule has 0 bridgehead atoms. The van der Waals surface area contributed by atoms with E-state index >= 15 is 0 Å². The third kappa shape index (κ3) is 6.60. The first kappa shape index (κ1) is 33.3. The van der Waals surface area contributed by atoms with Crippen molar-refractivity contribution >= 4 is 23.3 Å². The van der Waals surface area contributed by atoms with Crippen molar-refractivity contribution in [1.29, 1.82) is 0 Å². The SMILES string of the molecule is C=CCCC(=O)C(C)(O)C(CCC)CC(=O)C1C(C(=O)C(NC(=O)C(C)(C)C)C2Cc3ccccc3C2)CC2C1C2(C)C. The second-order valence-corrected chi connectivity index (χ2v) is 15.4. The monoisotopic (exact) mass is 591 g/mol. The van der Waals surface area contributed by atoms with Crippen molar-refractivity contribution in [2.45, 2.75) is 111 Å². The van der Waals surface area contributed by atoms with Crippen LogP contribution in [0.2, 0.25) is 0 Å². The number of ketones is 3. The van der Waals surface area contributed by atoms with Gasteiger partial charge in [0.05, 0.1) is 6.04 Å². The minimum atomic E-state index is -1.62. The summed E-state index contributed by atoms with van der Waals surface area (Å²) in [4.78, 5) is 55.2. The Morgan fingerprint density at radius 3 is 2.23 bits per heavy atom. The molecule has 3 aliphatic carbocycles. The first-order chi connectivity index (χ1) is 20.0. The highest BCUT2D eigenvalue weighted by molar-refractivity contribution is 5.97. The minimum absolute atomic E-state index is 0.0257. The predicted octanol–water partition coefficient (Wildman–Crippen LogP) is 6.07. The summed E-state index contributed by atoms with van der Waals surface area (Å²) >= 11 is 0. The highest BCUT2D eigenvalue weighted by Gasteiger charge is 2.70. The summed E-state index contributed by atoms with van der Waals surface area (Å²) in [7, 11) is 0. The van der Waals surface area contributed by atoms with Crippen molar-refractivity contribution in [1.82, 2.24) is 5.32 Å². The van der Waals surface area contributed by atoms with Crippen molar-refractivity contribution in [3.8, 4) is 0 Å². The summed E-state index contributed by atoms with van der Waals surface area (Å²) in [6.07, 6.45) is 5.75. The predicted molar refractivity (Wildman–Crippen MR) is 169 cm³/mol. The number of hydrogen-bond donors (Lipinski definition) is 2. The van der Waals surface area contributed by atoms with Crippen LogP contribution >= 0.6 is 0 Å². The molecule has 1 aromatic carbocycles. The van der Waals surface area contributed by atoms with Crippen molar-refractivity contribution in [3.63, 3.8) is 0 Å². The van der Waals surface area contributed by atoms with E-state index in [-0.39, 0.29) is 59.3 Å². The number of nitrogens with one attached hydrogen (secondary N) is 1. The fraction of sp³-hybridized carbons (Fsp3) is 0.676. The number of aliphatic hydroxyl groups is 1. The molecule has 7 atom stereocenters. The van der Waals surface area contributed by atoms with Crippen molar-refractivity contribution in [2.75, 3.05) is 0 Å². The van der Waals surface area contributed by atoms with Crippen molar-refractivity contribution < 1.29 is 24.3 Å². The number of fused-ring (bicyclic) bond motifs is 2. The van der Waals surface area contributed by atoms with Crippen LogP contribution < -0.4 is 5.32 Å². The van der Waals surface area contributed by atoms with Crippen LogP contribution in [0.1, 0.15) is 98.1 Å². The molecule has 43 heavy (non-hydrogen) atoms. The average Bonchev–Trinajstić information content (AvgIpc) is 3.30. The molecule has 2 fully saturated rings. The summed E-state index contributed by atoms with van der Waals surface area (Å²) in [5.41, 5.74) is 0.112. The molecule has 2 N–H and O–H groups in total. The highest BCUT2D eigenvalue weighted by atomic mass is 16.3. The second-order valence-electron chi connectivity index (χ2n) is 15.4. The summed E-state index contributed by atoms with van der Waals surface area (Å²) in [6, 6.07) is 7.54. The van der Waals surface area contributed by atoms with Gasteiger partial charge in [0.1, 0.15) is 11.4 Å². The number of rotatable bonds is 14. The molecule has 0 aromatic heterocycles. The van der Waals surface area contributed by atoms with Gasteiger partial charge in [-0.05, 0) is 73.3 Å². The molecule has 0 heterocycles. The number of amides is 1. The molecule has 0 aliphatic heterocycles. The number of benzene rings is 1. The van der Waals surface area contributed by atoms with E-state index in [0.29, 0.717) is 19.3 Å². The maximum Gasteiger partial charge on any atom is 0.225 e. The summed E-state index contributed by atoms with van der Waals surface area (Å²) < 4.78 is 0. The lowest BCUT2D eigenvalue weighted by Crippen LogP contribution is -2.53. The first-order valence-corrected chi connectivity index (χ1v) is 16.4. The van der Waals surface area contributed by atoms with Crippen LogP contribution in [0.5, 0.6) is 0 Å². The zero-order chi connectivity index (χ0) is 31.9. The number of Topliss-reactive ketones (excluding diaryl/α,β-unsaturated/α-hetero) is 3. The maximum absolute atomic E-state index is 14.6. The van der Waals surface area contributed by atoms with E-state index in [4.69, 9.17) is 0 Å². The van der Waals surface area contributed by atoms with Crippen LogP contribution in [-0.4, -0.2) is 40.0 Å². The molecule has 1 amide bonds. The molecular weight excluding hydrogens is 538 g/mol. The van der Waals surface area contributed by atoms with E-state index in [1.54, 1.807) is 13.0 Å². The minimum Gasteiger partial charge on any atom is -0.382 e. The average molecular weight is 592 g/mol. The van der Waals surface area contributed by atoms with Gasteiger partial charge in [-0.2, -0.15) is 0 Å². The van der Waals surface area contributed by atoms with E-state index in [9.17, 15) is 24.3 Å². The van der Waals surface area contributed by atoms with Gasteiger partial charge in [-0.15, -0.1) is 6.58 Å². The Hall–Kier alpha value is -2.60. The molecule has 7 unspecified atom stereocenters. The van der Waals surface area contributed by atoms with Gasteiger partial charge < -0.3 is 10.4 Å². The smallest absolute Gasteiger partial charge is 0.225 e. The molecule has 1 aromatic rings.